The van der Waals surface area contributed by atoms with Gasteiger partial charge in [0, 0.05) is 5.56 Å². The first-order valence-corrected chi connectivity index (χ1v) is 8.57. The molecule has 136 valence electrons. The van der Waals surface area contributed by atoms with E-state index in [9.17, 15) is 9.59 Å². The van der Waals surface area contributed by atoms with Crippen LogP contribution >= 0.6 is 11.6 Å². The molecule has 1 aliphatic heterocycles. The number of hydrogen-bond acceptors (Lipinski definition) is 4. The third kappa shape index (κ3) is 2.92. The summed E-state index contributed by atoms with van der Waals surface area (Å²) in [5, 5.41) is 0. The van der Waals surface area contributed by atoms with Crippen LogP contribution in [0.3, 0.4) is 0 Å². The molecular weight excluding hydrogens is 354 g/mol. The van der Waals surface area contributed by atoms with Crippen molar-refractivity contribution in [1.29, 1.82) is 0 Å². The van der Waals surface area contributed by atoms with E-state index in [0.717, 1.165) is 4.90 Å². The van der Waals surface area contributed by atoms with Crippen LogP contribution in [0.2, 0.25) is 0 Å². The van der Waals surface area contributed by atoms with Crippen LogP contribution in [0.15, 0.2) is 48.5 Å². The van der Waals surface area contributed by atoms with Crippen LogP contribution in [0.1, 0.15) is 31.9 Å². The molecular formula is C20H20ClNO4. The summed E-state index contributed by atoms with van der Waals surface area (Å²) in [6.07, 6.45) is -0.757. The molecule has 26 heavy (non-hydrogen) atoms. The van der Waals surface area contributed by atoms with E-state index in [1.165, 1.54) is 7.11 Å². The number of halogens is 1. The Labute approximate surface area is 157 Å². The zero-order valence-electron chi connectivity index (χ0n) is 15.1. The van der Waals surface area contributed by atoms with Crippen molar-refractivity contribution in [2.45, 2.75) is 31.2 Å². The van der Waals surface area contributed by atoms with Crippen LogP contribution in [-0.2, 0) is 14.4 Å². The van der Waals surface area contributed by atoms with Gasteiger partial charge in [-0.3, -0.25) is 4.79 Å². The number of anilines is 1. The Morgan fingerprint density at radius 2 is 1.77 bits per heavy atom. The number of imide groups is 1. The lowest BCUT2D eigenvalue weighted by molar-refractivity contribution is -0.119. The number of fused-ring (bicyclic) bond motifs is 1. The average molecular weight is 374 g/mol. The summed E-state index contributed by atoms with van der Waals surface area (Å²) in [6, 6.07) is 13.9. The predicted molar refractivity (Wildman–Crippen MR) is 99.8 cm³/mol. The maximum absolute atomic E-state index is 13.3. The molecule has 0 bridgehead atoms. The van der Waals surface area contributed by atoms with E-state index in [-0.39, 0.29) is 0 Å². The van der Waals surface area contributed by atoms with Gasteiger partial charge in [0.05, 0.1) is 12.8 Å². The van der Waals surface area contributed by atoms with Gasteiger partial charge in [-0.05, 0) is 44.5 Å². The highest BCUT2D eigenvalue weighted by Crippen LogP contribution is 2.50. The number of benzene rings is 2. The lowest BCUT2D eigenvalue weighted by atomic mass is 9.91. The molecule has 6 heteroatoms. The number of methoxy groups -OCH3 is 1. The Morgan fingerprint density at radius 3 is 2.35 bits per heavy atom. The Hall–Kier alpha value is -2.53. The highest BCUT2D eigenvalue weighted by atomic mass is 35.5. The minimum Gasteiger partial charge on any atom is -0.497 e. The van der Waals surface area contributed by atoms with Crippen LogP contribution < -0.4 is 9.64 Å². The normalized spacial score (nSPS) is 19.3. The zero-order chi connectivity index (χ0) is 19.1. The van der Waals surface area contributed by atoms with Crippen molar-refractivity contribution in [3.63, 3.8) is 0 Å². The van der Waals surface area contributed by atoms with E-state index >= 15 is 0 Å². The van der Waals surface area contributed by atoms with Gasteiger partial charge in [0.25, 0.3) is 5.91 Å². The standard InChI is InChI=1S/C20H20ClNO4/c1-19(2,3)26-18(24)22-16-11-10-14(25-4)12-15(16)20(21,17(22)23)13-8-6-5-7-9-13/h5-12H,1-4H3/t20-/m1/s1. The number of alkyl halides is 1. The fourth-order valence-corrected chi connectivity index (χ4v) is 3.29. The first kappa shape index (κ1) is 18.3. The molecule has 0 saturated carbocycles. The van der Waals surface area contributed by atoms with E-state index in [1.54, 1.807) is 63.2 Å². The van der Waals surface area contributed by atoms with E-state index < -0.39 is 22.5 Å². The number of hydrogen-bond donors (Lipinski definition) is 0. The third-order valence-corrected chi connectivity index (χ3v) is 4.64. The topological polar surface area (TPSA) is 55.8 Å². The minimum absolute atomic E-state index is 0.393. The molecule has 1 aliphatic rings. The largest absolute Gasteiger partial charge is 0.497 e. The van der Waals surface area contributed by atoms with E-state index in [2.05, 4.69) is 0 Å². The highest BCUT2D eigenvalue weighted by molar-refractivity contribution is 6.44. The summed E-state index contributed by atoms with van der Waals surface area (Å²) in [5.41, 5.74) is 0.714. The Bertz CT molecular complexity index is 860. The van der Waals surface area contributed by atoms with Gasteiger partial charge < -0.3 is 9.47 Å². The fourth-order valence-electron chi connectivity index (χ4n) is 2.93. The van der Waals surface area contributed by atoms with Gasteiger partial charge in [0.2, 0.25) is 0 Å². The molecule has 1 heterocycles. The second-order valence-electron chi connectivity index (χ2n) is 7.03. The summed E-state index contributed by atoms with van der Waals surface area (Å²) in [6.45, 7) is 5.22. The Kier molecular flexibility index (Phi) is 4.44. The molecule has 3 rings (SSSR count). The minimum atomic E-state index is -1.53. The molecule has 0 saturated heterocycles. The average Bonchev–Trinajstić information content (AvgIpc) is 2.82. The molecule has 5 nitrogen and oxygen atoms in total. The van der Waals surface area contributed by atoms with Crippen molar-refractivity contribution < 1.29 is 19.1 Å². The SMILES string of the molecule is COc1ccc2c(c1)[C@](Cl)(c1ccccc1)C(=O)N2C(=O)OC(C)(C)C. The molecule has 0 unspecified atom stereocenters. The second kappa shape index (κ2) is 6.32. The van der Waals surface area contributed by atoms with E-state index in [0.29, 0.717) is 22.6 Å². The molecule has 2 aromatic rings. The number of carbonyl (C=O) groups is 2. The van der Waals surface area contributed by atoms with E-state index in [1.807, 2.05) is 6.07 Å². The summed E-state index contributed by atoms with van der Waals surface area (Å²) < 4.78 is 10.7. The van der Waals surface area contributed by atoms with Gasteiger partial charge in [-0.25, -0.2) is 9.69 Å². The molecule has 1 atom stereocenters. The molecule has 0 N–H and O–H groups in total. The maximum Gasteiger partial charge on any atom is 0.421 e. The smallest absolute Gasteiger partial charge is 0.421 e. The van der Waals surface area contributed by atoms with Crippen molar-refractivity contribution in [3.05, 3.63) is 59.7 Å². The molecule has 0 radical (unpaired) electrons. The van der Waals surface area contributed by atoms with Crippen molar-refractivity contribution >= 4 is 29.3 Å². The van der Waals surface area contributed by atoms with Crippen molar-refractivity contribution in [1.82, 2.24) is 0 Å². The van der Waals surface area contributed by atoms with Crippen molar-refractivity contribution in [2.75, 3.05) is 12.0 Å². The summed E-state index contributed by atoms with van der Waals surface area (Å²) in [5.74, 6) is -0.0218. The molecule has 0 aromatic heterocycles. The highest BCUT2D eigenvalue weighted by Gasteiger charge is 2.54. The van der Waals surface area contributed by atoms with Gasteiger partial charge in [-0.1, -0.05) is 41.9 Å². The zero-order valence-corrected chi connectivity index (χ0v) is 15.8. The van der Waals surface area contributed by atoms with Gasteiger partial charge in [0.15, 0.2) is 4.87 Å². The first-order chi connectivity index (χ1) is 12.2. The lowest BCUT2D eigenvalue weighted by Gasteiger charge is -2.25. The fraction of sp³-hybridized carbons (Fsp3) is 0.300. The summed E-state index contributed by atoms with van der Waals surface area (Å²) in [7, 11) is 1.53. The first-order valence-electron chi connectivity index (χ1n) is 8.19. The molecule has 0 fully saturated rings. The monoisotopic (exact) mass is 373 g/mol. The number of nitrogens with zero attached hydrogens (tertiary/aromatic N) is 1. The van der Waals surface area contributed by atoms with Crippen molar-refractivity contribution in [3.8, 4) is 5.75 Å². The van der Waals surface area contributed by atoms with Crippen LogP contribution in [-0.4, -0.2) is 24.7 Å². The predicted octanol–water partition coefficient (Wildman–Crippen LogP) is 4.46. The Morgan fingerprint density at radius 1 is 1.12 bits per heavy atom. The Balaban J connectivity index is 2.18. The van der Waals surface area contributed by atoms with Crippen LogP contribution in [0.5, 0.6) is 5.75 Å². The van der Waals surface area contributed by atoms with Crippen LogP contribution in [0, 0.1) is 0 Å². The van der Waals surface area contributed by atoms with Crippen molar-refractivity contribution in [2.24, 2.45) is 0 Å². The second-order valence-corrected chi connectivity index (χ2v) is 7.60. The van der Waals surface area contributed by atoms with Gasteiger partial charge in [-0.2, -0.15) is 0 Å². The quantitative estimate of drug-likeness (QED) is 0.729. The number of ether oxygens (including phenoxy) is 2. The lowest BCUT2D eigenvalue weighted by Crippen LogP contribution is -2.43. The van der Waals surface area contributed by atoms with Gasteiger partial charge in [0.1, 0.15) is 11.4 Å². The summed E-state index contributed by atoms with van der Waals surface area (Å²) >= 11 is 6.86. The van der Waals surface area contributed by atoms with Crippen LogP contribution in [0.25, 0.3) is 0 Å². The van der Waals surface area contributed by atoms with Crippen LogP contribution in [0.4, 0.5) is 10.5 Å². The summed E-state index contributed by atoms with van der Waals surface area (Å²) in [4.78, 5) is 25.4. The molecule has 0 aliphatic carbocycles. The molecule has 2 amide bonds. The molecule has 2 aromatic carbocycles. The molecule has 0 spiro atoms. The number of carbonyl (C=O) groups excluding carboxylic acids is 2. The third-order valence-electron chi connectivity index (χ3n) is 4.06. The van der Waals surface area contributed by atoms with Gasteiger partial charge in [-0.15, -0.1) is 0 Å². The number of rotatable bonds is 2. The maximum atomic E-state index is 13.3. The number of amides is 2. The van der Waals surface area contributed by atoms with Gasteiger partial charge >= 0.3 is 6.09 Å². The van der Waals surface area contributed by atoms with E-state index in [4.69, 9.17) is 21.1 Å².